The van der Waals surface area contributed by atoms with Crippen LogP contribution in [0.25, 0.3) is 0 Å². The monoisotopic (exact) mass is 436 g/mol. The summed E-state index contributed by atoms with van der Waals surface area (Å²) in [4.78, 5) is 29.3. The third kappa shape index (κ3) is 3.86. The van der Waals surface area contributed by atoms with Crippen LogP contribution in [0.1, 0.15) is 49.8 Å². The summed E-state index contributed by atoms with van der Waals surface area (Å²) in [7, 11) is 0. The van der Waals surface area contributed by atoms with E-state index in [4.69, 9.17) is 0 Å². The summed E-state index contributed by atoms with van der Waals surface area (Å²) in [5.41, 5.74) is 5.41. The van der Waals surface area contributed by atoms with Crippen molar-refractivity contribution in [1.29, 1.82) is 0 Å². The van der Waals surface area contributed by atoms with E-state index in [0.717, 1.165) is 29.1 Å². The minimum absolute atomic E-state index is 0.00448. The van der Waals surface area contributed by atoms with Gasteiger partial charge in [-0.3, -0.25) is 14.5 Å². The second kappa shape index (κ2) is 8.70. The lowest BCUT2D eigenvalue weighted by Crippen LogP contribution is -2.40. The van der Waals surface area contributed by atoms with E-state index in [0.29, 0.717) is 12.0 Å². The minimum Gasteiger partial charge on any atom is -0.357 e. The highest BCUT2D eigenvalue weighted by Crippen LogP contribution is 2.47. The number of anilines is 2. The lowest BCUT2D eigenvalue weighted by molar-refractivity contribution is -0.121. The number of amides is 1. The van der Waals surface area contributed by atoms with Crippen LogP contribution in [0.15, 0.2) is 96.2 Å². The Morgan fingerprint density at radius 2 is 1.45 bits per heavy atom. The van der Waals surface area contributed by atoms with Crippen LogP contribution in [-0.4, -0.2) is 11.7 Å². The van der Waals surface area contributed by atoms with Gasteiger partial charge < -0.3 is 5.32 Å². The normalized spacial score (nSPS) is 20.1. The van der Waals surface area contributed by atoms with Crippen LogP contribution in [0.3, 0.4) is 0 Å². The van der Waals surface area contributed by atoms with E-state index in [1.54, 1.807) is 0 Å². The van der Waals surface area contributed by atoms with Crippen molar-refractivity contribution in [2.24, 2.45) is 5.92 Å². The van der Waals surface area contributed by atoms with Crippen LogP contribution in [0.5, 0.6) is 0 Å². The SMILES string of the molecule is CC(C)C(=O)N1c2ccccc2NC2=C(C(=O)C[C@@H](c3ccccc3)C2)[C@H]1c1ccccc1. The molecule has 0 saturated heterocycles. The lowest BCUT2D eigenvalue weighted by atomic mass is 9.78. The van der Waals surface area contributed by atoms with Crippen molar-refractivity contribution in [3.05, 3.63) is 107 Å². The summed E-state index contributed by atoms with van der Waals surface area (Å²) >= 11 is 0. The van der Waals surface area contributed by atoms with E-state index in [2.05, 4.69) is 17.4 Å². The van der Waals surface area contributed by atoms with Crippen LogP contribution in [-0.2, 0) is 9.59 Å². The molecule has 4 heteroatoms. The number of carbonyl (C=O) groups is 2. The van der Waals surface area contributed by atoms with Gasteiger partial charge in [0.2, 0.25) is 5.91 Å². The van der Waals surface area contributed by atoms with E-state index in [9.17, 15) is 9.59 Å². The van der Waals surface area contributed by atoms with Crippen LogP contribution in [0, 0.1) is 5.92 Å². The molecule has 1 aliphatic heterocycles. The van der Waals surface area contributed by atoms with Crippen LogP contribution < -0.4 is 10.2 Å². The van der Waals surface area contributed by atoms with E-state index in [1.807, 2.05) is 91.5 Å². The van der Waals surface area contributed by atoms with Crippen molar-refractivity contribution >= 4 is 23.1 Å². The van der Waals surface area contributed by atoms with Crippen molar-refractivity contribution in [2.45, 2.75) is 38.6 Å². The maximum Gasteiger partial charge on any atom is 0.230 e. The number of nitrogens with one attached hydrogen (secondary N) is 1. The minimum atomic E-state index is -0.462. The fourth-order valence-corrected chi connectivity index (χ4v) is 5.02. The molecule has 0 unspecified atom stereocenters. The number of para-hydroxylation sites is 2. The molecule has 0 spiro atoms. The zero-order valence-corrected chi connectivity index (χ0v) is 19.0. The predicted octanol–water partition coefficient (Wildman–Crippen LogP) is 6.24. The summed E-state index contributed by atoms with van der Waals surface area (Å²) in [5, 5.41) is 3.58. The van der Waals surface area contributed by atoms with Gasteiger partial charge in [0.05, 0.1) is 17.4 Å². The molecule has 2 atom stereocenters. The number of hydrogen-bond donors (Lipinski definition) is 1. The molecule has 0 saturated carbocycles. The number of benzene rings is 3. The van der Waals surface area contributed by atoms with Gasteiger partial charge in [-0.05, 0) is 35.6 Å². The maximum atomic E-state index is 13.8. The molecule has 0 aromatic heterocycles. The number of fused-ring (bicyclic) bond motifs is 1. The Bertz CT molecular complexity index is 1210. The van der Waals surface area contributed by atoms with Crippen molar-refractivity contribution in [1.82, 2.24) is 0 Å². The number of nitrogens with zero attached hydrogens (tertiary/aromatic N) is 1. The second-order valence-electron chi connectivity index (χ2n) is 9.15. The average molecular weight is 437 g/mol. The number of allylic oxidation sites excluding steroid dienone is 1. The summed E-state index contributed by atoms with van der Waals surface area (Å²) in [6, 6.07) is 27.6. The first kappa shape index (κ1) is 21.2. The molecule has 3 aromatic carbocycles. The van der Waals surface area contributed by atoms with Gasteiger partial charge in [-0.1, -0.05) is 86.6 Å². The Hall–Kier alpha value is -3.66. The first-order valence-electron chi connectivity index (χ1n) is 11.6. The van der Waals surface area contributed by atoms with E-state index in [-0.39, 0.29) is 23.5 Å². The zero-order chi connectivity index (χ0) is 22.9. The van der Waals surface area contributed by atoms with Gasteiger partial charge in [0.15, 0.2) is 5.78 Å². The van der Waals surface area contributed by atoms with Gasteiger partial charge in [0, 0.05) is 23.6 Å². The first-order valence-corrected chi connectivity index (χ1v) is 11.6. The average Bonchev–Trinajstić information content (AvgIpc) is 2.99. The van der Waals surface area contributed by atoms with Gasteiger partial charge in [-0.25, -0.2) is 0 Å². The Kier molecular flexibility index (Phi) is 5.59. The molecule has 0 fully saturated rings. The molecule has 1 aliphatic carbocycles. The summed E-state index contributed by atoms with van der Waals surface area (Å²) in [6.45, 7) is 3.82. The van der Waals surface area contributed by atoms with E-state index in [1.165, 1.54) is 5.56 Å². The molecular weight excluding hydrogens is 408 g/mol. The number of rotatable bonds is 3. The molecule has 4 nitrogen and oxygen atoms in total. The van der Waals surface area contributed by atoms with Gasteiger partial charge in [-0.2, -0.15) is 0 Å². The van der Waals surface area contributed by atoms with E-state index >= 15 is 0 Å². The van der Waals surface area contributed by atoms with Gasteiger partial charge >= 0.3 is 0 Å². The number of ketones is 1. The van der Waals surface area contributed by atoms with Gasteiger partial charge in [-0.15, -0.1) is 0 Å². The molecule has 2 aliphatic rings. The molecule has 1 N–H and O–H groups in total. The summed E-state index contributed by atoms with van der Waals surface area (Å²) in [5.74, 6) is 0.00807. The van der Waals surface area contributed by atoms with Gasteiger partial charge in [0.25, 0.3) is 0 Å². The quantitative estimate of drug-likeness (QED) is 0.528. The standard InChI is InChI=1S/C29H28N2O2/c1-19(2)29(33)31-25-16-10-9-15-23(25)30-24-17-22(20-11-5-3-6-12-20)18-26(32)27(24)28(31)21-13-7-4-8-14-21/h3-16,19,22,28,30H,17-18H2,1-2H3/t22-,28+/m0/s1. The summed E-state index contributed by atoms with van der Waals surface area (Å²) < 4.78 is 0. The van der Waals surface area contributed by atoms with Crippen molar-refractivity contribution in [2.75, 3.05) is 10.2 Å². The topological polar surface area (TPSA) is 49.4 Å². The molecular formula is C29H28N2O2. The van der Waals surface area contributed by atoms with Crippen molar-refractivity contribution in [3.63, 3.8) is 0 Å². The van der Waals surface area contributed by atoms with Crippen LogP contribution in [0.4, 0.5) is 11.4 Å². The fourth-order valence-electron chi connectivity index (χ4n) is 5.02. The predicted molar refractivity (Wildman–Crippen MR) is 132 cm³/mol. The zero-order valence-electron chi connectivity index (χ0n) is 19.0. The molecule has 33 heavy (non-hydrogen) atoms. The molecule has 1 heterocycles. The highest BCUT2D eigenvalue weighted by molar-refractivity contribution is 6.06. The Labute approximate surface area is 194 Å². The molecule has 0 radical (unpaired) electrons. The fraction of sp³-hybridized carbons (Fsp3) is 0.241. The number of carbonyl (C=O) groups excluding carboxylic acids is 2. The Morgan fingerprint density at radius 3 is 2.12 bits per heavy atom. The first-order chi connectivity index (χ1) is 16.0. The number of Topliss-reactive ketones (excluding diaryl/α,β-unsaturated/α-hetero) is 1. The van der Waals surface area contributed by atoms with Gasteiger partial charge in [0.1, 0.15) is 0 Å². The number of hydrogen-bond acceptors (Lipinski definition) is 3. The van der Waals surface area contributed by atoms with E-state index < -0.39 is 6.04 Å². The molecule has 166 valence electrons. The third-order valence-corrected chi connectivity index (χ3v) is 6.61. The van der Waals surface area contributed by atoms with Crippen molar-refractivity contribution in [3.8, 4) is 0 Å². The highest BCUT2D eigenvalue weighted by atomic mass is 16.2. The van der Waals surface area contributed by atoms with Crippen LogP contribution in [0.2, 0.25) is 0 Å². The Morgan fingerprint density at radius 1 is 0.848 bits per heavy atom. The smallest absolute Gasteiger partial charge is 0.230 e. The van der Waals surface area contributed by atoms with Crippen molar-refractivity contribution < 1.29 is 9.59 Å². The molecule has 5 rings (SSSR count). The highest BCUT2D eigenvalue weighted by Gasteiger charge is 2.41. The molecule has 3 aromatic rings. The lowest BCUT2D eigenvalue weighted by Gasteiger charge is -2.36. The third-order valence-electron chi connectivity index (χ3n) is 6.61. The maximum absolute atomic E-state index is 13.8. The largest absolute Gasteiger partial charge is 0.357 e. The van der Waals surface area contributed by atoms with Crippen LogP contribution >= 0.6 is 0 Å². The molecule has 0 bridgehead atoms. The Balaban J connectivity index is 1.72. The summed E-state index contributed by atoms with van der Waals surface area (Å²) in [6.07, 6.45) is 1.17. The second-order valence-corrected chi connectivity index (χ2v) is 9.15. The molecule has 1 amide bonds.